The van der Waals surface area contributed by atoms with Crippen LogP contribution in [0.15, 0.2) is 42.5 Å². The number of hydrogen-bond donors (Lipinski definition) is 2. The van der Waals surface area contributed by atoms with Crippen LogP contribution in [0.5, 0.6) is 0 Å². The van der Waals surface area contributed by atoms with Crippen molar-refractivity contribution in [2.75, 3.05) is 0 Å². The molecule has 2 N–H and O–H groups in total. The van der Waals surface area contributed by atoms with Crippen LogP contribution in [0.3, 0.4) is 0 Å². The molecule has 0 bridgehead atoms. The maximum atomic E-state index is 11.2. The highest BCUT2D eigenvalue weighted by Crippen LogP contribution is 2.26. The average molecular weight is 256 g/mol. The third-order valence-corrected chi connectivity index (χ3v) is 2.94. The van der Waals surface area contributed by atoms with Crippen molar-refractivity contribution in [3.63, 3.8) is 0 Å². The van der Waals surface area contributed by atoms with Crippen LogP contribution in [0.4, 0.5) is 0 Å². The number of rotatable bonds is 3. The first-order valence-electron chi connectivity index (χ1n) is 5.67. The predicted octanol–water partition coefficient (Wildman–Crippen LogP) is 3.06. The summed E-state index contributed by atoms with van der Waals surface area (Å²) in [6.07, 6.45) is 0. The summed E-state index contributed by atoms with van der Waals surface area (Å²) in [6, 6.07) is 11.4. The quantitative estimate of drug-likeness (QED) is 0.885. The van der Waals surface area contributed by atoms with Crippen molar-refractivity contribution in [2.45, 2.75) is 6.92 Å². The number of carbonyl (C=O) groups is 2. The van der Waals surface area contributed by atoms with Gasteiger partial charge < -0.3 is 10.2 Å². The summed E-state index contributed by atoms with van der Waals surface area (Å²) in [7, 11) is 0. The molecule has 0 heterocycles. The first-order valence-corrected chi connectivity index (χ1v) is 5.67. The first kappa shape index (κ1) is 12.8. The third kappa shape index (κ3) is 2.47. The van der Waals surface area contributed by atoms with Gasteiger partial charge in [0.15, 0.2) is 0 Å². The number of carboxylic acids is 2. The molecule has 0 fully saturated rings. The summed E-state index contributed by atoms with van der Waals surface area (Å²) >= 11 is 0. The molecule has 0 saturated carbocycles. The summed E-state index contributed by atoms with van der Waals surface area (Å²) < 4.78 is 0. The Hall–Kier alpha value is -2.62. The second-order valence-electron chi connectivity index (χ2n) is 4.19. The lowest BCUT2D eigenvalue weighted by atomic mass is 9.96. The monoisotopic (exact) mass is 256 g/mol. The van der Waals surface area contributed by atoms with Crippen molar-refractivity contribution >= 4 is 11.9 Å². The van der Waals surface area contributed by atoms with Gasteiger partial charge in [-0.15, -0.1) is 0 Å². The van der Waals surface area contributed by atoms with Crippen LogP contribution < -0.4 is 0 Å². The molecule has 0 atom stereocenters. The SMILES string of the molecule is Cc1ccc(-c2ccccc2C(=O)O)cc1C(=O)O. The second-order valence-corrected chi connectivity index (χ2v) is 4.19. The van der Waals surface area contributed by atoms with Crippen molar-refractivity contribution in [1.82, 2.24) is 0 Å². The van der Waals surface area contributed by atoms with E-state index in [1.54, 1.807) is 37.3 Å². The van der Waals surface area contributed by atoms with Crippen LogP contribution >= 0.6 is 0 Å². The molecule has 96 valence electrons. The van der Waals surface area contributed by atoms with Crippen LogP contribution in [0.25, 0.3) is 11.1 Å². The van der Waals surface area contributed by atoms with Crippen molar-refractivity contribution in [1.29, 1.82) is 0 Å². The summed E-state index contributed by atoms with van der Waals surface area (Å²) in [4.78, 5) is 22.3. The zero-order valence-corrected chi connectivity index (χ0v) is 10.3. The Morgan fingerprint density at radius 1 is 0.895 bits per heavy atom. The lowest BCUT2D eigenvalue weighted by molar-refractivity contribution is 0.0686. The molecule has 0 aromatic heterocycles. The minimum atomic E-state index is -1.03. The van der Waals surface area contributed by atoms with Crippen LogP contribution in [-0.2, 0) is 0 Å². The smallest absolute Gasteiger partial charge is 0.336 e. The molecule has 0 radical (unpaired) electrons. The van der Waals surface area contributed by atoms with Crippen LogP contribution in [-0.4, -0.2) is 22.2 Å². The molecular formula is C15H12O4. The van der Waals surface area contributed by atoms with E-state index in [-0.39, 0.29) is 11.1 Å². The van der Waals surface area contributed by atoms with Crippen LogP contribution in [0, 0.1) is 6.92 Å². The molecule has 0 amide bonds. The van der Waals surface area contributed by atoms with E-state index in [9.17, 15) is 9.59 Å². The standard InChI is InChI=1S/C15H12O4/c1-9-6-7-10(8-13(9)15(18)19)11-4-2-3-5-12(11)14(16)17/h2-8H,1H3,(H,16,17)(H,18,19). The van der Waals surface area contributed by atoms with Gasteiger partial charge in [-0.2, -0.15) is 0 Å². The molecule has 2 aromatic carbocycles. The van der Waals surface area contributed by atoms with Gasteiger partial charge in [-0.1, -0.05) is 30.3 Å². The fourth-order valence-corrected chi connectivity index (χ4v) is 1.94. The van der Waals surface area contributed by atoms with E-state index in [0.29, 0.717) is 16.7 Å². The molecule has 4 heteroatoms. The van der Waals surface area contributed by atoms with E-state index in [4.69, 9.17) is 10.2 Å². The van der Waals surface area contributed by atoms with E-state index < -0.39 is 11.9 Å². The van der Waals surface area contributed by atoms with Gasteiger partial charge in [0.25, 0.3) is 0 Å². The molecule has 2 rings (SSSR count). The molecule has 0 spiro atoms. The largest absolute Gasteiger partial charge is 0.478 e. The van der Waals surface area contributed by atoms with E-state index in [1.807, 2.05) is 0 Å². The van der Waals surface area contributed by atoms with Gasteiger partial charge in [-0.25, -0.2) is 9.59 Å². The Morgan fingerprint density at radius 2 is 1.53 bits per heavy atom. The fourth-order valence-electron chi connectivity index (χ4n) is 1.94. The zero-order chi connectivity index (χ0) is 14.0. The zero-order valence-electron chi connectivity index (χ0n) is 10.3. The molecule has 0 unspecified atom stereocenters. The summed E-state index contributed by atoms with van der Waals surface area (Å²) in [5, 5.41) is 18.2. The summed E-state index contributed by atoms with van der Waals surface area (Å²) in [6.45, 7) is 1.70. The Kier molecular flexibility index (Phi) is 3.33. The molecule has 0 aliphatic carbocycles. The fraction of sp³-hybridized carbons (Fsp3) is 0.0667. The first-order chi connectivity index (χ1) is 9.00. The maximum absolute atomic E-state index is 11.2. The van der Waals surface area contributed by atoms with Gasteiger partial charge in [0.2, 0.25) is 0 Å². The molecule has 4 nitrogen and oxygen atoms in total. The minimum Gasteiger partial charge on any atom is -0.478 e. The minimum absolute atomic E-state index is 0.155. The molecule has 2 aromatic rings. The van der Waals surface area contributed by atoms with E-state index in [1.165, 1.54) is 12.1 Å². The van der Waals surface area contributed by atoms with Gasteiger partial charge >= 0.3 is 11.9 Å². The van der Waals surface area contributed by atoms with E-state index >= 15 is 0 Å². The lowest BCUT2D eigenvalue weighted by Gasteiger charge is -2.08. The van der Waals surface area contributed by atoms with Crippen molar-refractivity contribution in [3.05, 3.63) is 59.2 Å². The van der Waals surface area contributed by atoms with E-state index in [0.717, 1.165) is 0 Å². The normalized spacial score (nSPS) is 10.2. The highest BCUT2D eigenvalue weighted by Gasteiger charge is 2.13. The predicted molar refractivity (Wildman–Crippen MR) is 70.5 cm³/mol. The van der Waals surface area contributed by atoms with Crippen molar-refractivity contribution in [2.24, 2.45) is 0 Å². The topological polar surface area (TPSA) is 74.6 Å². The maximum Gasteiger partial charge on any atom is 0.336 e. The van der Waals surface area contributed by atoms with E-state index in [2.05, 4.69) is 0 Å². The number of hydrogen-bond acceptors (Lipinski definition) is 2. The summed E-state index contributed by atoms with van der Waals surface area (Å²) in [5.74, 6) is -2.06. The van der Waals surface area contributed by atoms with Crippen LogP contribution in [0.2, 0.25) is 0 Å². The van der Waals surface area contributed by atoms with Gasteiger partial charge in [0, 0.05) is 0 Å². The van der Waals surface area contributed by atoms with Crippen LogP contribution in [0.1, 0.15) is 26.3 Å². The second kappa shape index (κ2) is 4.94. The Balaban J connectivity index is 2.63. The molecular weight excluding hydrogens is 244 g/mol. The molecule has 0 saturated heterocycles. The lowest BCUT2D eigenvalue weighted by Crippen LogP contribution is -2.02. The van der Waals surface area contributed by atoms with Crippen molar-refractivity contribution in [3.8, 4) is 11.1 Å². The van der Waals surface area contributed by atoms with Gasteiger partial charge in [-0.3, -0.25) is 0 Å². The Morgan fingerprint density at radius 3 is 2.16 bits per heavy atom. The summed E-state index contributed by atoms with van der Waals surface area (Å²) in [5.41, 5.74) is 2.07. The molecule has 0 aliphatic rings. The van der Waals surface area contributed by atoms with Gasteiger partial charge in [-0.05, 0) is 35.7 Å². The Labute approximate surface area is 109 Å². The third-order valence-electron chi connectivity index (χ3n) is 2.94. The highest BCUT2D eigenvalue weighted by atomic mass is 16.4. The highest BCUT2D eigenvalue weighted by molar-refractivity contribution is 5.97. The molecule has 19 heavy (non-hydrogen) atoms. The number of carboxylic acid groups (broad SMARTS) is 2. The number of aromatic carboxylic acids is 2. The van der Waals surface area contributed by atoms with Crippen molar-refractivity contribution < 1.29 is 19.8 Å². The number of aryl methyl sites for hydroxylation is 1. The molecule has 0 aliphatic heterocycles. The average Bonchev–Trinajstić information content (AvgIpc) is 2.39. The Bertz CT molecular complexity index is 659. The van der Waals surface area contributed by atoms with Gasteiger partial charge in [0.05, 0.1) is 11.1 Å². The number of benzene rings is 2. The van der Waals surface area contributed by atoms with Gasteiger partial charge in [0.1, 0.15) is 0 Å².